The van der Waals surface area contributed by atoms with Crippen molar-refractivity contribution in [1.82, 2.24) is 25.2 Å². The first-order valence-electron chi connectivity index (χ1n) is 15.1. The van der Waals surface area contributed by atoms with E-state index in [1.165, 1.54) is 11.1 Å². The van der Waals surface area contributed by atoms with Crippen LogP contribution in [-0.2, 0) is 6.18 Å². The maximum atomic E-state index is 16.4. The van der Waals surface area contributed by atoms with Crippen molar-refractivity contribution in [2.45, 2.75) is 62.1 Å². The Morgan fingerprint density at radius 2 is 2.10 bits per heavy atom. The van der Waals surface area contributed by atoms with Gasteiger partial charge in [0.15, 0.2) is 5.82 Å². The van der Waals surface area contributed by atoms with Crippen LogP contribution in [0.5, 0.6) is 11.8 Å². The standard InChI is InChI=1S/C28H28ClF5N6O2/c29-20-7-17(41)6-18(21(20)28(32,33)34)23-22(31)24-19(10-36-23)25(40-12-15-2-3-16(40)9-35-15)38-26(37-24)42-13-27-4-1-5-39(27)11-14(30)8-27/h6-7,10,14-16,35,41H,1-5,8-9,11-13H2/t14-,15?,16?,27+/m0/s1/i5D2,14D. The zero-order valence-corrected chi connectivity index (χ0v) is 22.9. The Morgan fingerprint density at radius 1 is 1.26 bits per heavy atom. The molecule has 3 aromatic rings. The third-order valence-electron chi connectivity index (χ3n) is 8.66. The molecule has 8 nitrogen and oxygen atoms in total. The van der Waals surface area contributed by atoms with Gasteiger partial charge in [-0.2, -0.15) is 23.1 Å². The van der Waals surface area contributed by atoms with Gasteiger partial charge in [0.2, 0.25) is 0 Å². The van der Waals surface area contributed by atoms with Gasteiger partial charge in [0.05, 0.1) is 22.9 Å². The number of halogens is 6. The van der Waals surface area contributed by atoms with E-state index in [-0.39, 0.29) is 60.7 Å². The number of nitrogens with zero attached hydrogens (tertiary/aromatic N) is 5. The van der Waals surface area contributed by atoms with Gasteiger partial charge in [0, 0.05) is 52.6 Å². The highest BCUT2D eigenvalue weighted by atomic mass is 35.5. The Labute approximate surface area is 247 Å². The minimum Gasteiger partial charge on any atom is -0.508 e. The highest BCUT2D eigenvalue weighted by molar-refractivity contribution is 6.32. The topological polar surface area (TPSA) is 86.6 Å². The number of anilines is 1. The monoisotopic (exact) mass is 613 g/mol. The Kier molecular flexibility index (Phi) is 5.82. The summed E-state index contributed by atoms with van der Waals surface area (Å²) in [6.45, 7) is -1.46. The molecule has 8 rings (SSSR count). The van der Waals surface area contributed by atoms with E-state index in [0.29, 0.717) is 19.2 Å². The Balaban J connectivity index is 1.35. The number of pyridine rings is 1. The zero-order chi connectivity index (χ0) is 32.1. The predicted octanol–water partition coefficient (Wildman–Crippen LogP) is 5.10. The normalized spacial score (nSPS) is 31.7. The van der Waals surface area contributed by atoms with E-state index in [1.807, 2.05) is 4.90 Å². The fraction of sp³-hybridized carbons (Fsp3) is 0.536. The molecule has 0 aliphatic carbocycles. The molecule has 2 N–H and O–H groups in total. The third kappa shape index (κ3) is 4.60. The van der Waals surface area contributed by atoms with Crippen LogP contribution in [0.1, 0.15) is 41.8 Å². The van der Waals surface area contributed by atoms with Crippen LogP contribution in [0.25, 0.3) is 22.2 Å². The van der Waals surface area contributed by atoms with Crippen molar-refractivity contribution in [2.24, 2.45) is 0 Å². The van der Waals surface area contributed by atoms with Gasteiger partial charge < -0.3 is 20.1 Å². The van der Waals surface area contributed by atoms with Crippen molar-refractivity contribution in [2.75, 3.05) is 37.6 Å². The van der Waals surface area contributed by atoms with Gasteiger partial charge in [-0.3, -0.25) is 9.88 Å². The van der Waals surface area contributed by atoms with E-state index in [9.17, 15) is 22.7 Å². The number of rotatable bonds is 5. The summed E-state index contributed by atoms with van der Waals surface area (Å²) in [5.41, 5.74) is -4.46. The summed E-state index contributed by atoms with van der Waals surface area (Å²) in [5, 5.41) is 12.8. The average molecular weight is 614 g/mol. The first-order valence-corrected chi connectivity index (χ1v) is 14.0. The molecule has 0 saturated carbocycles. The first-order chi connectivity index (χ1) is 21.1. The Bertz CT molecular complexity index is 1690. The molecule has 0 amide bonds. The molecular weight excluding hydrogens is 583 g/mol. The van der Waals surface area contributed by atoms with Gasteiger partial charge in [0.1, 0.15) is 35.5 Å². The molecule has 4 atom stereocenters. The molecule has 42 heavy (non-hydrogen) atoms. The van der Waals surface area contributed by atoms with Crippen LogP contribution >= 0.6 is 11.6 Å². The lowest BCUT2D eigenvalue weighted by Gasteiger charge is -2.46. The summed E-state index contributed by atoms with van der Waals surface area (Å²) < 4.78 is 104. The fourth-order valence-electron chi connectivity index (χ4n) is 6.65. The molecule has 5 aliphatic rings. The molecule has 2 bridgehead atoms. The largest absolute Gasteiger partial charge is 0.508 e. The number of hydrogen-bond acceptors (Lipinski definition) is 8. The zero-order valence-electron chi connectivity index (χ0n) is 25.1. The molecule has 1 aromatic carbocycles. The second kappa shape index (κ2) is 10.0. The highest BCUT2D eigenvalue weighted by Crippen LogP contribution is 2.45. The SMILES string of the molecule is [2H]C1([2H])CC[C@]2(COc3nc(N4CC5CCC4CN5)c4cnc(-c5cc(O)cc(Cl)c5C(F)(F)F)c(F)c4n3)C[C@]([2H])(F)CN12. The van der Waals surface area contributed by atoms with Crippen LogP contribution in [0.15, 0.2) is 18.3 Å². The van der Waals surface area contributed by atoms with Crippen LogP contribution in [-0.4, -0.2) is 81.5 Å². The van der Waals surface area contributed by atoms with Gasteiger partial charge in [-0.15, -0.1) is 0 Å². The van der Waals surface area contributed by atoms with Gasteiger partial charge in [0.25, 0.3) is 0 Å². The molecule has 0 spiro atoms. The van der Waals surface area contributed by atoms with E-state index in [4.69, 9.17) is 20.5 Å². The predicted molar refractivity (Wildman–Crippen MR) is 145 cm³/mol. The lowest BCUT2D eigenvalue weighted by molar-refractivity contribution is -0.137. The van der Waals surface area contributed by atoms with Gasteiger partial charge in [-0.25, -0.2) is 8.78 Å². The van der Waals surface area contributed by atoms with Crippen LogP contribution < -0.4 is 15.0 Å². The maximum Gasteiger partial charge on any atom is 0.418 e. The molecule has 224 valence electrons. The van der Waals surface area contributed by atoms with Crippen molar-refractivity contribution in [1.29, 1.82) is 0 Å². The smallest absolute Gasteiger partial charge is 0.418 e. The fourth-order valence-corrected chi connectivity index (χ4v) is 6.97. The molecule has 5 fully saturated rings. The summed E-state index contributed by atoms with van der Waals surface area (Å²) in [7, 11) is 0. The van der Waals surface area contributed by atoms with Crippen LogP contribution in [0.3, 0.4) is 0 Å². The maximum absolute atomic E-state index is 16.4. The Hall–Kier alpha value is -3.03. The molecule has 5 aliphatic heterocycles. The van der Waals surface area contributed by atoms with E-state index in [0.717, 1.165) is 18.9 Å². The van der Waals surface area contributed by atoms with Crippen molar-refractivity contribution in [3.8, 4) is 23.0 Å². The number of aromatic hydroxyl groups is 1. The number of phenols is 1. The van der Waals surface area contributed by atoms with Crippen molar-refractivity contribution < 1.29 is 35.9 Å². The summed E-state index contributed by atoms with van der Waals surface area (Å²) in [4.78, 5) is 16.1. The third-order valence-corrected chi connectivity index (χ3v) is 8.96. The van der Waals surface area contributed by atoms with E-state index < -0.39 is 64.3 Å². The number of hydrogen-bond donors (Lipinski definition) is 2. The lowest BCUT2D eigenvalue weighted by atomic mass is 9.93. The quantitative estimate of drug-likeness (QED) is 0.385. The van der Waals surface area contributed by atoms with Crippen LogP contribution in [0.4, 0.5) is 27.8 Å². The van der Waals surface area contributed by atoms with E-state index in [2.05, 4.69) is 20.3 Å². The van der Waals surface area contributed by atoms with Gasteiger partial charge in [-0.05, 0) is 44.3 Å². The highest BCUT2D eigenvalue weighted by Gasteiger charge is 2.49. The number of phenolic OH excluding ortho intramolecular Hbond substituents is 1. The van der Waals surface area contributed by atoms with Crippen molar-refractivity contribution in [3.63, 3.8) is 0 Å². The number of nitrogens with one attached hydrogen (secondary N) is 1. The van der Waals surface area contributed by atoms with Gasteiger partial charge in [-0.1, -0.05) is 11.6 Å². The second-order valence-electron chi connectivity index (χ2n) is 11.3. The second-order valence-corrected chi connectivity index (χ2v) is 11.7. The Morgan fingerprint density at radius 3 is 2.81 bits per heavy atom. The van der Waals surface area contributed by atoms with E-state index >= 15 is 4.39 Å². The summed E-state index contributed by atoms with van der Waals surface area (Å²) in [6.07, 6.45) is -4.51. The molecule has 2 unspecified atom stereocenters. The first kappa shape index (κ1) is 24.4. The average Bonchev–Trinajstić information content (AvgIpc) is 3.38. The van der Waals surface area contributed by atoms with Gasteiger partial charge >= 0.3 is 12.2 Å². The molecule has 2 aromatic heterocycles. The number of piperazine rings is 1. The van der Waals surface area contributed by atoms with Crippen molar-refractivity contribution in [3.05, 3.63) is 34.7 Å². The minimum absolute atomic E-state index is 0.0214. The number of benzene rings is 1. The minimum atomic E-state index is -5.00. The molecule has 5 saturated heterocycles. The number of piperidine rings is 2. The summed E-state index contributed by atoms with van der Waals surface area (Å²) in [5.74, 6) is -1.58. The summed E-state index contributed by atoms with van der Waals surface area (Å²) in [6, 6.07) is 1.21. The molecule has 0 radical (unpaired) electrons. The molecule has 7 heterocycles. The van der Waals surface area contributed by atoms with Crippen LogP contribution in [0.2, 0.25) is 5.02 Å². The number of ether oxygens (including phenoxy) is 1. The number of alkyl halides is 4. The van der Waals surface area contributed by atoms with E-state index in [1.54, 1.807) is 0 Å². The molecule has 14 heteroatoms. The number of fused-ring (bicyclic) bond motifs is 5. The number of aromatic nitrogens is 3. The molecular formula is C28H28ClF5N6O2. The summed E-state index contributed by atoms with van der Waals surface area (Å²) >= 11 is 5.86. The lowest BCUT2D eigenvalue weighted by Crippen LogP contribution is -2.61. The van der Waals surface area contributed by atoms with Crippen molar-refractivity contribution >= 4 is 28.3 Å². The van der Waals surface area contributed by atoms with Crippen LogP contribution in [0, 0.1) is 5.82 Å².